The second-order valence-corrected chi connectivity index (χ2v) is 7.28. The summed E-state index contributed by atoms with van der Waals surface area (Å²) in [5.74, 6) is -0.717. The molecule has 0 bridgehead atoms. The molecule has 0 spiro atoms. The fourth-order valence-corrected chi connectivity index (χ4v) is 3.22. The highest BCUT2D eigenvalue weighted by Crippen LogP contribution is 2.39. The van der Waals surface area contributed by atoms with Crippen molar-refractivity contribution < 1.29 is 30.9 Å². The molecule has 1 aliphatic heterocycles. The maximum Gasteiger partial charge on any atom is 0.348 e. The molecule has 9 heteroatoms. The molecule has 2 aromatic heterocycles. The molecule has 0 atom stereocenters. The molecule has 0 saturated carbocycles. The first-order chi connectivity index (χ1) is 11.8. The van der Waals surface area contributed by atoms with Gasteiger partial charge in [0.1, 0.15) is 17.1 Å². The number of aryl methyl sites for hydroxylation is 2. The van der Waals surface area contributed by atoms with Crippen LogP contribution in [0.3, 0.4) is 0 Å². The smallest absolute Gasteiger partial charge is 0.348 e. The highest BCUT2D eigenvalue weighted by atomic mass is 32.2. The van der Waals surface area contributed by atoms with Crippen LogP contribution in [0.4, 0.5) is 0 Å². The van der Waals surface area contributed by atoms with Crippen LogP contribution in [0.2, 0.25) is 0 Å². The van der Waals surface area contributed by atoms with E-state index in [1.54, 1.807) is 12.1 Å². The van der Waals surface area contributed by atoms with E-state index in [0.29, 0.717) is 12.2 Å². The van der Waals surface area contributed by atoms with Gasteiger partial charge in [-0.05, 0) is 19.1 Å². The Morgan fingerprint density at radius 1 is 1.28 bits per heavy atom. The molecule has 0 unspecified atom stereocenters. The topological polar surface area (TPSA) is 105 Å². The SMILES string of the molecule is Cc1cc(OS(C)(=O)=O)c(C2(CCc3ccco3)OCCO2)c(=O)o1. The van der Waals surface area contributed by atoms with Crippen LogP contribution in [0.5, 0.6) is 5.75 Å². The summed E-state index contributed by atoms with van der Waals surface area (Å²) in [5, 5.41) is 0. The minimum absolute atomic E-state index is 0.104. The Morgan fingerprint density at radius 2 is 2.00 bits per heavy atom. The first-order valence-electron chi connectivity index (χ1n) is 7.64. The Hall–Kier alpha value is -2.10. The highest BCUT2D eigenvalue weighted by Gasteiger charge is 2.44. The minimum Gasteiger partial charge on any atom is -0.469 e. The molecule has 2 aromatic rings. The Labute approximate surface area is 144 Å². The fourth-order valence-electron chi connectivity index (χ4n) is 2.77. The van der Waals surface area contributed by atoms with Crippen LogP contribution in [-0.2, 0) is 31.8 Å². The molecular formula is C16H18O8S. The van der Waals surface area contributed by atoms with Crippen LogP contribution in [-0.4, -0.2) is 27.9 Å². The summed E-state index contributed by atoms with van der Waals surface area (Å²) in [6.45, 7) is 2.03. The number of rotatable bonds is 6. The van der Waals surface area contributed by atoms with Crippen molar-refractivity contribution >= 4 is 10.1 Å². The lowest BCUT2D eigenvalue weighted by atomic mass is 10.0. The number of ether oxygens (including phenoxy) is 2. The number of hydrogen-bond donors (Lipinski definition) is 0. The molecule has 3 heterocycles. The van der Waals surface area contributed by atoms with E-state index in [1.807, 2.05) is 0 Å². The third-order valence-electron chi connectivity index (χ3n) is 3.70. The minimum atomic E-state index is -3.86. The van der Waals surface area contributed by atoms with Crippen LogP contribution in [0, 0.1) is 6.92 Å². The maximum absolute atomic E-state index is 12.5. The summed E-state index contributed by atoms with van der Waals surface area (Å²) in [5.41, 5.74) is -0.868. The van der Waals surface area contributed by atoms with Gasteiger partial charge >= 0.3 is 15.7 Å². The molecule has 1 aliphatic rings. The van der Waals surface area contributed by atoms with Crippen molar-refractivity contribution in [3.63, 3.8) is 0 Å². The van der Waals surface area contributed by atoms with E-state index in [1.165, 1.54) is 19.3 Å². The normalized spacial score (nSPS) is 16.9. The first kappa shape index (κ1) is 17.7. The Kier molecular flexibility index (Phi) is 4.72. The van der Waals surface area contributed by atoms with E-state index in [4.69, 9.17) is 22.5 Å². The quantitative estimate of drug-likeness (QED) is 0.708. The summed E-state index contributed by atoms with van der Waals surface area (Å²) in [6, 6.07) is 4.86. The third kappa shape index (κ3) is 3.94. The van der Waals surface area contributed by atoms with Crippen LogP contribution in [0.15, 0.2) is 38.1 Å². The predicted molar refractivity (Wildman–Crippen MR) is 85.8 cm³/mol. The van der Waals surface area contributed by atoms with Crippen LogP contribution < -0.4 is 9.81 Å². The lowest BCUT2D eigenvalue weighted by molar-refractivity contribution is -0.173. The van der Waals surface area contributed by atoms with E-state index in [0.717, 1.165) is 6.26 Å². The zero-order valence-corrected chi connectivity index (χ0v) is 14.6. The van der Waals surface area contributed by atoms with Crippen molar-refractivity contribution in [1.82, 2.24) is 0 Å². The van der Waals surface area contributed by atoms with Gasteiger partial charge in [-0.25, -0.2) is 4.79 Å². The average molecular weight is 370 g/mol. The Morgan fingerprint density at radius 3 is 2.60 bits per heavy atom. The van der Waals surface area contributed by atoms with E-state index >= 15 is 0 Å². The Balaban J connectivity index is 2.05. The molecule has 0 N–H and O–H groups in total. The molecule has 1 saturated heterocycles. The molecule has 0 aromatic carbocycles. The van der Waals surface area contributed by atoms with Gasteiger partial charge in [0.15, 0.2) is 5.75 Å². The second-order valence-electron chi connectivity index (χ2n) is 5.70. The molecule has 0 amide bonds. The fraction of sp³-hybridized carbons (Fsp3) is 0.438. The maximum atomic E-state index is 12.5. The molecule has 0 aliphatic carbocycles. The zero-order valence-electron chi connectivity index (χ0n) is 13.8. The molecule has 3 rings (SSSR count). The van der Waals surface area contributed by atoms with Gasteiger partial charge in [0.05, 0.1) is 25.7 Å². The molecule has 136 valence electrons. The summed E-state index contributed by atoms with van der Waals surface area (Å²) < 4.78 is 50.0. The third-order valence-corrected chi connectivity index (χ3v) is 4.18. The number of furan rings is 1. The number of hydrogen-bond acceptors (Lipinski definition) is 8. The van der Waals surface area contributed by atoms with Crippen molar-refractivity contribution in [1.29, 1.82) is 0 Å². The van der Waals surface area contributed by atoms with E-state index in [2.05, 4.69) is 0 Å². The molecule has 8 nitrogen and oxygen atoms in total. The van der Waals surface area contributed by atoms with Gasteiger partial charge in [-0.2, -0.15) is 8.42 Å². The molecule has 0 radical (unpaired) electrons. The molecule has 25 heavy (non-hydrogen) atoms. The van der Waals surface area contributed by atoms with Crippen molar-refractivity contribution in [2.24, 2.45) is 0 Å². The van der Waals surface area contributed by atoms with Gasteiger partial charge in [0, 0.05) is 18.9 Å². The standard InChI is InChI=1S/C16H18O8S/c1-11-10-13(24-25(2,18)19)14(15(17)23-11)16(21-8-9-22-16)6-5-12-4-3-7-20-12/h3-4,7,10H,5-6,8-9H2,1-2H3. The second kappa shape index (κ2) is 6.66. The van der Waals surface area contributed by atoms with Gasteiger partial charge in [0.25, 0.3) is 0 Å². The van der Waals surface area contributed by atoms with Crippen molar-refractivity contribution in [2.45, 2.75) is 25.6 Å². The van der Waals surface area contributed by atoms with Crippen LogP contribution >= 0.6 is 0 Å². The van der Waals surface area contributed by atoms with Gasteiger partial charge in [-0.1, -0.05) is 0 Å². The first-order valence-corrected chi connectivity index (χ1v) is 9.46. The van der Waals surface area contributed by atoms with Gasteiger partial charge in [0.2, 0.25) is 5.79 Å². The van der Waals surface area contributed by atoms with E-state index in [9.17, 15) is 13.2 Å². The summed E-state index contributed by atoms with van der Waals surface area (Å²) in [7, 11) is -3.86. The van der Waals surface area contributed by atoms with Crippen molar-refractivity contribution in [2.75, 3.05) is 19.5 Å². The summed E-state index contributed by atoms with van der Waals surface area (Å²) in [4.78, 5) is 12.5. The summed E-state index contributed by atoms with van der Waals surface area (Å²) in [6.07, 6.45) is 3.08. The Bertz CT molecular complexity index is 889. The molecule has 1 fully saturated rings. The van der Waals surface area contributed by atoms with Gasteiger partial charge in [-0.3, -0.25) is 0 Å². The monoisotopic (exact) mass is 370 g/mol. The van der Waals surface area contributed by atoms with E-state index in [-0.39, 0.29) is 36.7 Å². The van der Waals surface area contributed by atoms with Crippen molar-refractivity contribution in [3.8, 4) is 5.75 Å². The van der Waals surface area contributed by atoms with E-state index < -0.39 is 21.5 Å². The lowest BCUT2D eigenvalue weighted by Crippen LogP contribution is -2.34. The average Bonchev–Trinajstić information content (AvgIpc) is 3.14. The van der Waals surface area contributed by atoms with Crippen LogP contribution in [0.1, 0.15) is 23.5 Å². The lowest BCUT2D eigenvalue weighted by Gasteiger charge is -2.27. The predicted octanol–water partition coefficient (Wildman–Crippen LogP) is 1.71. The molecular weight excluding hydrogens is 352 g/mol. The largest absolute Gasteiger partial charge is 0.469 e. The van der Waals surface area contributed by atoms with Gasteiger partial charge in [-0.15, -0.1) is 0 Å². The summed E-state index contributed by atoms with van der Waals surface area (Å²) >= 11 is 0. The van der Waals surface area contributed by atoms with Crippen molar-refractivity contribution in [3.05, 3.63) is 52.0 Å². The van der Waals surface area contributed by atoms with Gasteiger partial charge < -0.3 is 22.5 Å². The van der Waals surface area contributed by atoms with Crippen LogP contribution in [0.25, 0.3) is 0 Å². The zero-order chi connectivity index (χ0) is 18.1. The highest BCUT2D eigenvalue weighted by molar-refractivity contribution is 7.86.